The van der Waals surface area contributed by atoms with E-state index in [0.717, 1.165) is 25.5 Å². The molecule has 2 fully saturated rings. The summed E-state index contributed by atoms with van der Waals surface area (Å²) in [6.07, 6.45) is 5.16. The maximum absolute atomic E-state index is 13.1. The van der Waals surface area contributed by atoms with Crippen LogP contribution in [-0.4, -0.2) is 71.3 Å². The molecular weight excluding hydrogens is 534 g/mol. The van der Waals surface area contributed by atoms with Crippen LogP contribution in [0.2, 0.25) is 0 Å². The molecule has 1 saturated carbocycles. The van der Waals surface area contributed by atoms with Gasteiger partial charge in [0, 0.05) is 12.0 Å². The van der Waals surface area contributed by atoms with Gasteiger partial charge in [-0.2, -0.15) is 0 Å². The Morgan fingerprint density at radius 3 is 1.98 bits per heavy atom. The summed E-state index contributed by atoms with van der Waals surface area (Å²) in [4.78, 5) is 72.8. The molecule has 11 nitrogen and oxygen atoms in total. The number of nitrogens with one attached hydrogen (secondary N) is 3. The van der Waals surface area contributed by atoms with Gasteiger partial charge in [0.25, 0.3) is 5.91 Å². The highest BCUT2D eigenvalue weighted by atomic mass is 32.1. The van der Waals surface area contributed by atoms with E-state index in [1.54, 1.807) is 4.90 Å². The average Bonchev–Trinajstić information content (AvgIpc) is 3.54. The molecule has 40 heavy (non-hydrogen) atoms. The van der Waals surface area contributed by atoms with Crippen LogP contribution in [0.4, 0.5) is 4.79 Å². The molecule has 2 rings (SSSR count). The number of nitrogens with zero attached hydrogens (tertiary/aromatic N) is 1. The Morgan fingerprint density at radius 1 is 1.00 bits per heavy atom. The van der Waals surface area contributed by atoms with E-state index in [4.69, 9.17) is 5.73 Å². The highest BCUT2D eigenvalue weighted by molar-refractivity contribution is 7.78. The molecule has 4 amide bonds. The van der Waals surface area contributed by atoms with E-state index in [-0.39, 0.29) is 17.6 Å². The summed E-state index contributed by atoms with van der Waals surface area (Å²) in [6.45, 7) is 15.3. The maximum atomic E-state index is 13.1. The van der Waals surface area contributed by atoms with Gasteiger partial charge in [0.2, 0.25) is 11.7 Å². The lowest BCUT2D eigenvalue weighted by molar-refractivity contribution is -0.138. The zero-order chi connectivity index (χ0) is 31.0. The first-order chi connectivity index (χ1) is 18.3. The molecule has 0 bridgehead atoms. The van der Waals surface area contributed by atoms with Crippen LogP contribution in [0.25, 0.3) is 0 Å². The second-order valence-electron chi connectivity index (χ2n) is 13.2. The lowest BCUT2D eigenvalue weighted by Crippen LogP contribution is -2.60. The van der Waals surface area contributed by atoms with Crippen molar-refractivity contribution in [3.8, 4) is 0 Å². The van der Waals surface area contributed by atoms with Gasteiger partial charge < -0.3 is 26.1 Å². The Morgan fingerprint density at radius 2 is 1.57 bits per heavy atom. The molecular formula is C28H49N5O6S. The Bertz CT molecular complexity index is 938. The molecule has 1 heterocycles. The fourth-order valence-corrected chi connectivity index (χ4v) is 4.64. The lowest BCUT2D eigenvalue weighted by Gasteiger charge is -2.35. The van der Waals surface area contributed by atoms with Gasteiger partial charge in [-0.1, -0.05) is 81.0 Å². The summed E-state index contributed by atoms with van der Waals surface area (Å²) in [6, 6.07) is -2.94. The number of hydrogen-bond acceptors (Lipinski definition) is 8. The van der Waals surface area contributed by atoms with Gasteiger partial charge >= 0.3 is 6.03 Å². The van der Waals surface area contributed by atoms with E-state index in [2.05, 4.69) is 28.2 Å². The molecule has 1 aliphatic carbocycles. The van der Waals surface area contributed by atoms with Crippen molar-refractivity contribution in [1.82, 2.24) is 20.3 Å². The van der Waals surface area contributed by atoms with Crippen LogP contribution in [-0.2, 0) is 24.0 Å². The monoisotopic (exact) mass is 583 g/mol. The van der Waals surface area contributed by atoms with E-state index in [9.17, 15) is 28.8 Å². The zero-order valence-corrected chi connectivity index (χ0v) is 26.1. The number of urea groups is 1. The quantitative estimate of drug-likeness (QED) is 0.141. The van der Waals surface area contributed by atoms with Crippen molar-refractivity contribution < 1.29 is 28.8 Å². The van der Waals surface area contributed by atoms with Crippen molar-refractivity contribution in [2.45, 2.75) is 112 Å². The Balaban J connectivity index is 0.000000552. The fourth-order valence-electron chi connectivity index (χ4n) is 4.41. The molecule has 1 saturated heterocycles. The maximum Gasteiger partial charge on any atom is 0.316 e. The van der Waals surface area contributed by atoms with Crippen molar-refractivity contribution in [2.75, 3.05) is 6.54 Å². The van der Waals surface area contributed by atoms with Gasteiger partial charge in [-0.25, -0.2) is 4.79 Å². The number of carbonyl (C=O) groups is 6. The predicted molar refractivity (Wildman–Crippen MR) is 156 cm³/mol. The minimum atomic E-state index is -0.887. The number of carbonyl (C=O) groups excluding carboxylic acids is 6. The number of likely N-dealkylation sites (tertiary alicyclic amines) is 1. The summed E-state index contributed by atoms with van der Waals surface area (Å²) in [7, 11) is 0. The first-order valence-electron chi connectivity index (χ1n) is 13.9. The van der Waals surface area contributed by atoms with Crippen LogP contribution in [0.3, 0.4) is 0 Å². The molecule has 1 aliphatic heterocycles. The van der Waals surface area contributed by atoms with Crippen LogP contribution in [0.5, 0.6) is 0 Å². The molecule has 2 aliphatic rings. The summed E-state index contributed by atoms with van der Waals surface area (Å²) in [5, 5.41) is 5.52. The number of Topliss-reactive ketones (excluding diaryl/α,β-unsaturated/α-hetero) is 2. The summed E-state index contributed by atoms with van der Waals surface area (Å²) < 4.78 is 2.50. The lowest BCUT2D eigenvalue weighted by atomic mass is 9.82. The van der Waals surface area contributed by atoms with Gasteiger partial charge in [-0.15, -0.1) is 0 Å². The minimum Gasteiger partial charge on any atom is -0.363 e. The van der Waals surface area contributed by atoms with Crippen LogP contribution in [0, 0.1) is 22.7 Å². The smallest absolute Gasteiger partial charge is 0.316 e. The highest BCUT2D eigenvalue weighted by Gasteiger charge is 2.40. The Hall–Kier alpha value is -2.47. The third-order valence-electron chi connectivity index (χ3n) is 7.08. The van der Waals surface area contributed by atoms with Gasteiger partial charge in [-0.3, -0.25) is 23.9 Å². The fraction of sp³-hybridized carbons (Fsp3) is 0.786. The first kappa shape index (κ1) is 35.6. The molecule has 0 aromatic rings. The Labute approximate surface area is 244 Å². The summed E-state index contributed by atoms with van der Waals surface area (Å²) in [5.41, 5.74) is 3.71. The predicted octanol–water partition coefficient (Wildman–Crippen LogP) is 2.17. The summed E-state index contributed by atoms with van der Waals surface area (Å²) in [5.74, 6) is -1.30. The number of ketones is 2. The van der Waals surface area contributed by atoms with E-state index in [1.807, 2.05) is 55.4 Å². The number of hydrogen-bond donors (Lipinski definition) is 5. The second-order valence-corrected chi connectivity index (χ2v) is 13.5. The first-order valence-corrected chi connectivity index (χ1v) is 14.4. The highest BCUT2D eigenvalue weighted by Crippen LogP contribution is 2.33. The molecule has 5 N–H and O–H groups in total. The number of aldehydes is 1. The second kappa shape index (κ2) is 15.0. The van der Waals surface area contributed by atoms with E-state index < -0.39 is 52.7 Å². The number of nitrogens with two attached hydrogens (primary N) is 1. The molecule has 0 aromatic heterocycles. The van der Waals surface area contributed by atoms with Crippen molar-refractivity contribution in [3.05, 3.63) is 0 Å². The van der Waals surface area contributed by atoms with Crippen molar-refractivity contribution in [1.29, 1.82) is 0 Å². The van der Waals surface area contributed by atoms with Crippen molar-refractivity contribution in [3.63, 3.8) is 0 Å². The third-order valence-corrected chi connectivity index (χ3v) is 7.40. The largest absolute Gasteiger partial charge is 0.363 e. The van der Waals surface area contributed by atoms with Crippen molar-refractivity contribution >= 4 is 48.5 Å². The SMILES string of the molecule is CC(C)C(NC(=O)NC(C(=O)N1CCCC1C=O)C(C)(C)C)C(=O)C(C)(C)C.NC(=O)C(=O)C(CC1CC1)NS. The van der Waals surface area contributed by atoms with Crippen LogP contribution in [0.1, 0.15) is 87.5 Å². The molecule has 0 radical (unpaired) electrons. The zero-order valence-electron chi connectivity index (χ0n) is 25.2. The molecule has 4 atom stereocenters. The van der Waals surface area contributed by atoms with Gasteiger partial charge in [-0.05, 0) is 36.5 Å². The van der Waals surface area contributed by atoms with Gasteiger partial charge in [0.05, 0.1) is 18.1 Å². The number of thiol groups is 1. The van der Waals surface area contributed by atoms with E-state index >= 15 is 0 Å². The number of rotatable bonds is 11. The molecule has 0 aromatic carbocycles. The summed E-state index contributed by atoms with van der Waals surface area (Å²) >= 11 is 3.77. The third kappa shape index (κ3) is 10.8. The van der Waals surface area contributed by atoms with Crippen LogP contribution < -0.4 is 21.1 Å². The molecule has 228 valence electrons. The number of amides is 4. The topological polar surface area (TPSA) is 168 Å². The standard InChI is InChI=1S/C21H37N3O4.C7H12N2O2S/c1-13(2)15(17(26)21(6,7)8)22-19(28)23-16(20(3,4)5)18(27)24-11-9-10-14(24)12-25;8-7(11)6(10)5(9-12)3-4-1-2-4/h12-16H,9-11H2,1-8H3,(H2,22,23,28);4-5,9,12H,1-3H2,(H2,8,11). The average molecular weight is 584 g/mol. The van der Waals surface area contributed by atoms with Gasteiger partial charge in [0.1, 0.15) is 12.3 Å². The number of primary amides is 1. The molecule has 12 heteroatoms. The molecule has 0 spiro atoms. The van der Waals surface area contributed by atoms with Crippen LogP contribution in [0.15, 0.2) is 0 Å². The Kier molecular flexibility index (Phi) is 13.3. The molecule has 4 unspecified atom stereocenters. The van der Waals surface area contributed by atoms with E-state index in [1.165, 1.54) is 0 Å². The van der Waals surface area contributed by atoms with Crippen molar-refractivity contribution in [2.24, 2.45) is 28.4 Å². The van der Waals surface area contributed by atoms with Gasteiger partial charge in [0.15, 0.2) is 5.78 Å². The van der Waals surface area contributed by atoms with E-state index in [0.29, 0.717) is 25.3 Å². The minimum absolute atomic E-state index is 0.0585. The normalized spacial score (nSPS) is 19.6. The van der Waals surface area contributed by atoms with Crippen LogP contribution >= 0.6 is 12.8 Å².